The first-order valence-corrected chi connectivity index (χ1v) is 11.9. The summed E-state index contributed by atoms with van der Waals surface area (Å²) in [6.45, 7) is 4.90. The standard InChI is InChI=1S/C24H29FN4O3S/c1-27-11-13-28(14-12-27)24-20(22(26-32-24)18-6-8-19(25)9-7-18)17-29(10-4-15-31-2)23(30)21-5-3-16-33-21/h3,5-9,16H,4,10-15,17H2,1-2H3. The summed E-state index contributed by atoms with van der Waals surface area (Å²) in [4.78, 5) is 20.3. The summed E-state index contributed by atoms with van der Waals surface area (Å²) >= 11 is 1.43. The minimum absolute atomic E-state index is 0.0308. The van der Waals surface area contributed by atoms with Crippen molar-refractivity contribution < 1.29 is 18.4 Å². The summed E-state index contributed by atoms with van der Waals surface area (Å²) in [5.74, 6) is 0.340. The maximum atomic E-state index is 13.6. The van der Waals surface area contributed by atoms with Crippen LogP contribution in [0, 0.1) is 5.82 Å². The molecule has 176 valence electrons. The lowest BCUT2D eigenvalue weighted by atomic mass is 10.1. The van der Waals surface area contributed by atoms with Crippen molar-refractivity contribution in [3.05, 3.63) is 58.0 Å². The second-order valence-corrected chi connectivity index (χ2v) is 9.11. The Labute approximate surface area is 197 Å². The first kappa shape index (κ1) is 23.4. The van der Waals surface area contributed by atoms with Crippen molar-refractivity contribution in [3.8, 4) is 11.3 Å². The van der Waals surface area contributed by atoms with E-state index in [2.05, 4.69) is 22.0 Å². The highest BCUT2D eigenvalue weighted by Crippen LogP contribution is 2.33. The average molecular weight is 473 g/mol. The molecule has 0 unspecified atom stereocenters. The zero-order valence-electron chi connectivity index (χ0n) is 19.0. The van der Waals surface area contributed by atoms with E-state index in [1.54, 1.807) is 19.2 Å². The Bertz CT molecular complexity index is 1030. The first-order chi connectivity index (χ1) is 16.1. The van der Waals surface area contributed by atoms with Crippen molar-refractivity contribution in [2.45, 2.75) is 13.0 Å². The number of amides is 1. The number of likely N-dealkylation sites (N-methyl/N-ethyl adjacent to an activating group) is 1. The van der Waals surface area contributed by atoms with E-state index >= 15 is 0 Å². The van der Waals surface area contributed by atoms with Gasteiger partial charge in [-0.25, -0.2) is 4.39 Å². The van der Waals surface area contributed by atoms with Gasteiger partial charge in [-0.05, 0) is 49.2 Å². The molecule has 1 aliphatic heterocycles. The third-order valence-corrected chi connectivity index (χ3v) is 6.68. The maximum Gasteiger partial charge on any atom is 0.264 e. The molecule has 1 fully saturated rings. The number of nitrogens with zero attached hydrogens (tertiary/aromatic N) is 4. The molecule has 3 aromatic rings. The summed E-state index contributed by atoms with van der Waals surface area (Å²) in [7, 11) is 3.75. The van der Waals surface area contributed by atoms with Gasteiger partial charge >= 0.3 is 0 Å². The summed E-state index contributed by atoms with van der Waals surface area (Å²) in [5, 5.41) is 6.27. The normalized spacial score (nSPS) is 14.6. The van der Waals surface area contributed by atoms with Crippen molar-refractivity contribution >= 4 is 23.1 Å². The number of aromatic nitrogens is 1. The lowest BCUT2D eigenvalue weighted by molar-refractivity contribution is 0.0729. The Morgan fingerprint density at radius 2 is 1.97 bits per heavy atom. The van der Waals surface area contributed by atoms with Gasteiger partial charge in [0.1, 0.15) is 11.5 Å². The van der Waals surface area contributed by atoms with Crippen LogP contribution >= 0.6 is 11.3 Å². The Morgan fingerprint density at radius 3 is 2.64 bits per heavy atom. The van der Waals surface area contributed by atoms with E-state index in [0.717, 1.165) is 37.3 Å². The average Bonchev–Trinajstić information content (AvgIpc) is 3.50. The summed E-state index contributed by atoms with van der Waals surface area (Å²) < 4.78 is 24.6. The van der Waals surface area contributed by atoms with Gasteiger partial charge in [0.2, 0.25) is 5.88 Å². The van der Waals surface area contributed by atoms with Crippen LogP contribution in [0.3, 0.4) is 0 Å². The van der Waals surface area contributed by atoms with Crippen molar-refractivity contribution in [2.24, 2.45) is 0 Å². The number of benzene rings is 1. The molecule has 7 nitrogen and oxygen atoms in total. The van der Waals surface area contributed by atoms with Gasteiger partial charge in [-0.15, -0.1) is 11.3 Å². The molecule has 9 heteroatoms. The minimum atomic E-state index is -0.308. The van der Waals surface area contributed by atoms with Crippen LogP contribution < -0.4 is 4.90 Å². The van der Waals surface area contributed by atoms with Gasteiger partial charge in [-0.3, -0.25) is 4.79 Å². The van der Waals surface area contributed by atoms with Gasteiger partial charge in [0.05, 0.1) is 17.0 Å². The van der Waals surface area contributed by atoms with Crippen LogP contribution in [0.15, 0.2) is 46.3 Å². The number of ether oxygens (including phenoxy) is 1. The molecule has 0 N–H and O–H groups in total. The van der Waals surface area contributed by atoms with Gasteiger partial charge in [-0.1, -0.05) is 11.2 Å². The van der Waals surface area contributed by atoms with Crippen LogP contribution in [-0.2, 0) is 11.3 Å². The highest BCUT2D eigenvalue weighted by atomic mass is 32.1. The van der Waals surface area contributed by atoms with E-state index in [9.17, 15) is 9.18 Å². The molecule has 2 aromatic heterocycles. The topological polar surface area (TPSA) is 62.1 Å². The van der Waals surface area contributed by atoms with Crippen molar-refractivity contribution in [1.82, 2.24) is 15.0 Å². The number of carbonyl (C=O) groups excluding carboxylic acids is 1. The van der Waals surface area contributed by atoms with E-state index in [4.69, 9.17) is 9.26 Å². The molecule has 1 aliphatic rings. The molecule has 0 atom stereocenters. The molecular formula is C24H29FN4O3S. The molecule has 33 heavy (non-hydrogen) atoms. The van der Waals surface area contributed by atoms with Crippen molar-refractivity contribution in [2.75, 3.05) is 58.4 Å². The molecule has 1 saturated heterocycles. The lowest BCUT2D eigenvalue weighted by Gasteiger charge is -2.33. The highest BCUT2D eigenvalue weighted by Gasteiger charge is 2.28. The largest absolute Gasteiger partial charge is 0.385 e. The molecule has 0 aliphatic carbocycles. The van der Waals surface area contributed by atoms with Gasteiger partial charge < -0.3 is 24.0 Å². The quantitative estimate of drug-likeness (QED) is 0.439. The Hall–Kier alpha value is -2.75. The number of halogens is 1. The van der Waals surface area contributed by atoms with Crippen LogP contribution in [-0.4, -0.2) is 74.4 Å². The number of thiophene rings is 1. The fourth-order valence-electron chi connectivity index (χ4n) is 3.93. The van der Waals surface area contributed by atoms with Gasteiger partial charge in [0.15, 0.2) is 0 Å². The first-order valence-electron chi connectivity index (χ1n) is 11.1. The fourth-order valence-corrected chi connectivity index (χ4v) is 4.63. The zero-order chi connectivity index (χ0) is 23.2. The van der Waals surface area contributed by atoms with E-state index in [0.29, 0.717) is 42.6 Å². The monoisotopic (exact) mass is 472 g/mol. The van der Waals surface area contributed by atoms with E-state index < -0.39 is 0 Å². The summed E-state index contributed by atoms with van der Waals surface area (Å²) in [5.41, 5.74) is 2.24. The van der Waals surface area contributed by atoms with Gasteiger partial charge in [-0.2, -0.15) is 0 Å². The number of piperazine rings is 1. The third-order valence-electron chi connectivity index (χ3n) is 5.82. The van der Waals surface area contributed by atoms with Crippen LogP contribution in [0.4, 0.5) is 10.3 Å². The van der Waals surface area contributed by atoms with Crippen molar-refractivity contribution in [1.29, 1.82) is 0 Å². The molecule has 0 saturated carbocycles. The van der Waals surface area contributed by atoms with Gasteiger partial charge in [0.25, 0.3) is 5.91 Å². The molecule has 4 rings (SSSR count). The van der Waals surface area contributed by atoms with E-state index in [1.807, 2.05) is 22.4 Å². The number of hydrogen-bond donors (Lipinski definition) is 0. The van der Waals surface area contributed by atoms with Crippen LogP contribution in [0.25, 0.3) is 11.3 Å². The maximum absolute atomic E-state index is 13.6. The predicted molar refractivity (Wildman–Crippen MR) is 127 cm³/mol. The number of methoxy groups -OCH3 is 1. The zero-order valence-corrected chi connectivity index (χ0v) is 19.8. The van der Waals surface area contributed by atoms with E-state index in [-0.39, 0.29) is 11.7 Å². The molecule has 0 spiro atoms. The van der Waals surface area contributed by atoms with Gasteiger partial charge in [0, 0.05) is 52.0 Å². The summed E-state index contributed by atoms with van der Waals surface area (Å²) in [6, 6.07) is 9.94. The minimum Gasteiger partial charge on any atom is -0.385 e. The Kier molecular flexibility index (Phi) is 7.74. The second kappa shape index (κ2) is 10.9. The number of anilines is 1. The second-order valence-electron chi connectivity index (χ2n) is 8.16. The molecular weight excluding hydrogens is 443 g/mol. The van der Waals surface area contributed by atoms with E-state index in [1.165, 1.54) is 23.5 Å². The molecule has 1 aromatic carbocycles. The molecule has 3 heterocycles. The molecule has 0 bridgehead atoms. The fraction of sp³-hybridized carbons (Fsp3) is 0.417. The smallest absolute Gasteiger partial charge is 0.264 e. The third kappa shape index (κ3) is 5.61. The van der Waals surface area contributed by atoms with Crippen LogP contribution in [0.5, 0.6) is 0 Å². The Morgan fingerprint density at radius 1 is 1.21 bits per heavy atom. The number of carbonyl (C=O) groups is 1. The van der Waals surface area contributed by atoms with Crippen LogP contribution in [0.1, 0.15) is 21.7 Å². The van der Waals surface area contributed by atoms with Crippen LogP contribution in [0.2, 0.25) is 0 Å². The predicted octanol–water partition coefficient (Wildman–Crippen LogP) is 3.97. The SMILES string of the molecule is COCCCN(Cc1c(-c2ccc(F)cc2)noc1N1CCN(C)CC1)C(=O)c1cccs1. The molecule has 0 radical (unpaired) electrons. The summed E-state index contributed by atoms with van der Waals surface area (Å²) in [6.07, 6.45) is 0.717. The number of rotatable bonds is 9. The lowest BCUT2D eigenvalue weighted by Crippen LogP contribution is -2.45. The number of hydrogen-bond acceptors (Lipinski definition) is 7. The Balaban J connectivity index is 1.69. The molecule has 1 amide bonds. The van der Waals surface area contributed by atoms with Crippen molar-refractivity contribution in [3.63, 3.8) is 0 Å². The highest BCUT2D eigenvalue weighted by molar-refractivity contribution is 7.12.